The minimum absolute atomic E-state index is 0.0345. The zero-order chi connectivity index (χ0) is 15.4. The number of H-pyrrole nitrogens is 1. The van der Waals surface area contributed by atoms with Gasteiger partial charge >= 0.3 is 0 Å². The van der Waals surface area contributed by atoms with Crippen LogP contribution in [0.5, 0.6) is 0 Å². The minimum atomic E-state index is -0.500. The molecule has 3 N–H and O–H groups in total. The number of benzene rings is 2. The molecule has 0 spiro atoms. The Morgan fingerprint density at radius 3 is 2.27 bits per heavy atom. The largest absolute Gasteiger partial charge is 0.298 e. The van der Waals surface area contributed by atoms with Crippen molar-refractivity contribution in [2.24, 2.45) is 0 Å². The number of nitrogens with zero attached hydrogens (tertiary/aromatic N) is 1. The number of aromatic amines is 1. The van der Waals surface area contributed by atoms with Crippen LogP contribution in [0.3, 0.4) is 0 Å². The SMILES string of the molecule is O=C(NNc1ccccc1)c1c[nH]n(-c2ccccc2)c1=O. The molecule has 1 heterocycles. The fourth-order valence-electron chi connectivity index (χ4n) is 2.02. The summed E-state index contributed by atoms with van der Waals surface area (Å²) in [5, 5.41) is 2.78. The molecule has 22 heavy (non-hydrogen) atoms. The van der Waals surface area contributed by atoms with Crippen molar-refractivity contribution in [3.05, 3.63) is 82.8 Å². The highest BCUT2D eigenvalue weighted by Crippen LogP contribution is 2.04. The maximum Gasteiger partial charge on any atom is 0.284 e. The van der Waals surface area contributed by atoms with Gasteiger partial charge in [-0.25, -0.2) is 4.68 Å². The molecule has 6 nitrogen and oxygen atoms in total. The molecule has 0 saturated carbocycles. The number of carbonyl (C=O) groups is 1. The van der Waals surface area contributed by atoms with E-state index in [-0.39, 0.29) is 5.56 Å². The van der Waals surface area contributed by atoms with Crippen LogP contribution in [0.15, 0.2) is 71.7 Å². The van der Waals surface area contributed by atoms with Crippen LogP contribution in [-0.4, -0.2) is 15.7 Å². The number of carbonyl (C=O) groups excluding carboxylic acids is 1. The number of aromatic nitrogens is 2. The zero-order valence-electron chi connectivity index (χ0n) is 11.6. The number of para-hydroxylation sites is 2. The third-order valence-electron chi connectivity index (χ3n) is 3.12. The molecule has 110 valence electrons. The molecule has 0 unspecified atom stereocenters. The van der Waals surface area contributed by atoms with E-state index in [1.807, 2.05) is 36.4 Å². The number of rotatable bonds is 4. The van der Waals surface area contributed by atoms with Crippen LogP contribution in [0.4, 0.5) is 5.69 Å². The highest BCUT2D eigenvalue weighted by atomic mass is 16.2. The Kier molecular flexibility index (Phi) is 3.74. The molecule has 1 amide bonds. The summed E-state index contributed by atoms with van der Waals surface area (Å²) in [7, 11) is 0. The lowest BCUT2D eigenvalue weighted by molar-refractivity contribution is 0.0961. The van der Waals surface area contributed by atoms with Gasteiger partial charge in [0, 0.05) is 6.20 Å². The van der Waals surface area contributed by atoms with Crippen LogP contribution >= 0.6 is 0 Å². The van der Waals surface area contributed by atoms with Crippen molar-refractivity contribution >= 4 is 11.6 Å². The third-order valence-corrected chi connectivity index (χ3v) is 3.12. The summed E-state index contributed by atoms with van der Waals surface area (Å²) in [4.78, 5) is 24.3. The summed E-state index contributed by atoms with van der Waals surface area (Å²) in [6.45, 7) is 0. The summed E-state index contributed by atoms with van der Waals surface area (Å²) in [5.74, 6) is -0.500. The van der Waals surface area contributed by atoms with Crippen molar-refractivity contribution in [3.63, 3.8) is 0 Å². The number of hydrazine groups is 1. The van der Waals surface area contributed by atoms with Gasteiger partial charge in [0.2, 0.25) is 0 Å². The molecule has 1 aromatic heterocycles. The molecule has 0 atom stereocenters. The summed E-state index contributed by atoms with van der Waals surface area (Å²) < 4.78 is 1.32. The van der Waals surface area contributed by atoms with Gasteiger partial charge in [-0.1, -0.05) is 36.4 Å². The van der Waals surface area contributed by atoms with Crippen molar-refractivity contribution < 1.29 is 4.79 Å². The predicted molar refractivity (Wildman–Crippen MR) is 83.9 cm³/mol. The van der Waals surface area contributed by atoms with E-state index < -0.39 is 11.5 Å². The van der Waals surface area contributed by atoms with E-state index >= 15 is 0 Å². The number of nitrogens with one attached hydrogen (secondary N) is 3. The van der Waals surface area contributed by atoms with E-state index in [2.05, 4.69) is 16.0 Å². The average molecular weight is 294 g/mol. The van der Waals surface area contributed by atoms with Gasteiger partial charge in [0.15, 0.2) is 0 Å². The predicted octanol–water partition coefficient (Wildman–Crippen LogP) is 1.92. The van der Waals surface area contributed by atoms with E-state index in [1.54, 1.807) is 24.3 Å². The Hall–Kier alpha value is -3.28. The van der Waals surface area contributed by atoms with Crippen LogP contribution in [-0.2, 0) is 0 Å². The maximum absolute atomic E-state index is 12.3. The maximum atomic E-state index is 12.3. The lowest BCUT2D eigenvalue weighted by Gasteiger charge is -2.06. The Labute approximate surface area is 126 Å². The number of amides is 1. The van der Waals surface area contributed by atoms with Crippen LogP contribution in [0.25, 0.3) is 5.69 Å². The number of anilines is 1. The zero-order valence-corrected chi connectivity index (χ0v) is 11.6. The monoisotopic (exact) mass is 294 g/mol. The molecule has 0 radical (unpaired) electrons. The third kappa shape index (κ3) is 2.76. The summed E-state index contributed by atoms with van der Waals surface area (Å²) in [5.41, 5.74) is 6.29. The summed E-state index contributed by atoms with van der Waals surface area (Å²) in [6.07, 6.45) is 1.39. The van der Waals surface area contributed by atoms with Crippen molar-refractivity contribution in [2.75, 3.05) is 5.43 Å². The van der Waals surface area contributed by atoms with Crippen LogP contribution in [0.2, 0.25) is 0 Å². The van der Waals surface area contributed by atoms with Crippen molar-refractivity contribution in [1.82, 2.24) is 15.2 Å². The van der Waals surface area contributed by atoms with Crippen molar-refractivity contribution in [2.45, 2.75) is 0 Å². The summed E-state index contributed by atoms with van der Waals surface area (Å²) >= 11 is 0. The highest BCUT2D eigenvalue weighted by Gasteiger charge is 2.14. The number of hydrogen-bond acceptors (Lipinski definition) is 3. The Bertz CT molecular complexity index is 822. The van der Waals surface area contributed by atoms with Gasteiger partial charge in [0.25, 0.3) is 11.5 Å². The van der Waals surface area contributed by atoms with Crippen molar-refractivity contribution in [1.29, 1.82) is 0 Å². The van der Waals surface area contributed by atoms with Gasteiger partial charge in [-0.15, -0.1) is 0 Å². The topological polar surface area (TPSA) is 78.9 Å². The fourth-order valence-corrected chi connectivity index (χ4v) is 2.02. The second kappa shape index (κ2) is 6.01. The molecule has 0 aliphatic heterocycles. The lowest BCUT2D eigenvalue weighted by atomic mass is 10.3. The molecule has 3 rings (SSSR count). The highest BCUT2D eigenvalue weighted by molar-refractivity contribution is 5.94. The average Bonchev–Trinajstić information content (AvgIpc) is 2.96. The van der Waals surface area contributed by atoms with Gasteiger partial charge in [0.05, 0.1) is 11.4 Å². The van der Waals surface area contributed by atoms with Crippen LogP contribution < -0.4 is 16.4 Å². The van der Waals surface area contributed by atoms with E-state index in [0.717, 1.165) is 5.69 Å². The van der Waals surface area contributed by atoms with Gasteiger partial charge in [-0.05, 0) is 24.3 Å². The first-order chi connectivity index (χ1) is 10.8. The van der Waals surface area contributed by atoms with E-state index in [4.69, 9.17) is 0 Å². The van der Waals surface area contributed by atoms with Gasteiger partial charge in [-0.3, -0.25) is 25.5 Å². The van der Waals surface area contributed by atoms with E-state index in [0.29, 0.717) is 5.69 Å². The van der Waals surface area contributed by atoms with Gasteiger partial charge in [-0.2, -0.15) is 0 Å². The molecule has 0 aliphatic carbocycles. The second-order valence-corrected chi connectivity index (χ2v) is 4.61. The standard InChI is InChI=1S/C16H14N4O2/c21-15(19-18-12-7-3-1-4-8-12)14-11-17-20(16(14)22)13-9-5-2-6-10-13/h1-11,17-18H,(H,19,21). The molecule has 3 aromatic rings. The molecule has 0 saturated heterocycles. The number of hydrogen-bond donors (Lipinski definition) is 3. The molecule has 2 aromatic carbocycles. The lowest BCUT2D eigenvalue weighted by Crippen LogP contribution is -2.33. The quantitative estimate of drug-likeness (QED) is 0.643. The molecular weight excluding hydrogens is 280 g/mol. The van der Waals surface area contributed by atoms with E-state index in [9.17, 15) is 9.59 Å². The second-order valence-electron chi connectivity index (χ2n) is 4.61. The first kappa shape index (κ1) is 13.7. The normalized spacial score (nSPS) is 10.2. The Morgan fingerprint density at radius 1 is 0.955 bits per heavy atom. The van der Waals surface area contributed by atoms with Gasteiger partial charge in [0.1, 0.15) is 5.56 Å². The molecular formula is C16H14N4O2. The Balaban J connectivity index is 1.77. The van der Waals surface area contributed by atoms with E-state index in [1.165, 1.54) is 10.9 Å². The van der Waals surface area contributed by atoms with Crippen LogP contribution in [0.1, 0.15) is 10.4 Å². The van der Waals surface area contributed by atoms with Gasteiger partial charge < -0.3 is 0 Å². The van der Waals surface area contributed by atoms with Crippen LogP contribution in [0, 0.1) is 0 Å². The fraction of sp³-hybridized carbons (Fsp3) is 0. The molecule has 0 fully saturated rings. The molecule has 0 aliphatic rings. The summed E-state index contributed by atoms with van der Waals surface area (Å²) in [6, 6.07) is 18.2. The smallest absolute Gasteiger partial charge is 0.284 e. The Morgan fingerprint density at radius 2 is 1.59 bits per heavy atom. The molecule has 0 bridgehead atoms. The first-order valence-corrected chi connectivity index (χ1v) is 6.73. The minimum Gasteiger partial charge on any atom is -0.298 e. The first-order valence-electron chi connectivity index (χ1n) is 6.73. The van der Waals surface area contributed by atoms with Crippen molar-refractivity contribution in [3.8, 4) is 5.69 Å². The molecule has 6 heteroatoms.